The van der Waals surface area contributed by atoms with E-state index in [0.717, 1.165) is 23.8 Å². The minimum absolute atomic E-state index is 0.378. The molecule has 2 N–H and O–H groups in total. The molecule has 1 fully saturated rings. The number of hydrogen-bond acceptors (Lipinski definition) is 3. The number of benzene rings is 1. The van der Waals surface area contributed by atoms with Crippen molar-refractivity contribution in [1.29, 1.82) is 0 Å². The fraction of sp³-hybridized carbons (Fsp3) is 0.444. The highest BCUT2D eigenvalue weighted by molar-refractivity contribution is 5.80. The SMILES string of the molecule is CN=C(NCc1cc(C(C)C)no1)NC1CC1c1ccccc1. The van der Waals surface area contributed by atoms with E-state index < -0.39 is 0 Å². The first kappa shape index (κ1) is 15.6. The topological polar surface area (TPSA) is 62.5 Å². The Kier molecular flexibility index (Phi) is 4.65. The summed E-state index contributed by atoms with van der Waals surface area (Å²) in [4.78, 5) is 4.29. The minimum Gasteiger partial charge on any atom is -0.359 e. The van der Waals surface area contributed by atoms with Crippen molar-refractivity contribution in [3.05, 3.63) is 53.4 Å². The zero-order chi connectivity index (χ0) is 16.2. The Labute approximate surface area is 137 Å². The van der Waals surface area contributed by atoms with Crippen molar-refractivity contribution >= 4 is 5.96 Å². The van der Waals surface area contributed by atoms with E-state index in [-0.39, 0.29) is 0 Å². The standard InChI is InChI=1S/C18H24N4O/c1-12(2)16-9-14(23-22-16)11-20-18(19-3)21-17-10-15(17)13-7-5-4-6-8-13/h4-9,12,15,17H,10-11H2,1-3H3,(H2,19,20,21). The van der Waals surface area contributed by atoms with E-state index in [1.54, 1.807) is 7.05 Å². The molecule has 1 aliphatic rings. The number of nitrogens with one attached hydrogen (secondary N) is 2. The van der Waals surface area contributed by atoms with E-state index in [0.29, 0.717) is 24.4 Å². The number of aromatic nitrogens is 1. The lowest BCUT2D eigenvalue weighted by Gasteiger charge is -2.10. The van der Waals surface area contributed by atoms with E-state index in [2.05, 4.69) is 65.0 Å². The van der Waals surface area contributed by atoms with Crippen molar-refractivity contribution in [2.75, 3.05) is 7.05 Å². The van der Waals surface area contributed by atoms with Crippen LogP contribution in [0.3, 0.4) is 0 Å². The van der Waals surface area contributed by atoms with Gasteiger partial charge in [-0.1, -0.05) is 49.3 Å². The van der Waals surface area contributed by atoms with Gasteiger partial charge in [0.2, 0.25) is 0 Å². The van der Waals surface area contributed by atoms with Gasteiger partial charge >= 0.3 is 0 Å². The Hall–Kier alpha value is -2.30. The highest BCUT2D eigenvalue weighted by Crippen LogP contribution is 2.40. The van der Waals surface area contributed by atoms with E-state index in [1.165, 1.54) is 5.56 Å². The molecular weight excluding hydrogens is 288 g/mol. The Morgan fingerprint density at radius 3 is 2.78 bits per heavy atom. The van der Waals surface area contributed by atoms with Crippen molar-refractivity contribution < 1.29 is 4.52 Å². The largest absolute Gasteiger partial charge is 0.359 e. The number of hydrogen-bond donors (Lipinski definition) is 2. The van der Waals surface area contributed by atoms with E-state index in [1.807, 2.05) is 6.07 Å². The first-order valence-corrected chi connectivity index (χ1v) is 8.15. The van der Waals surface area contributed by atoms with Crippen LogP contribution >= 0.6 is 0 Å². The number of nitrogens with zero attached hydrogens (tertiary/aromatic N) is 2. The van der Waals surface area contributed by atoms with Crippen LogP contribution in [0.15, 0.2) is 45.9 Å². The summed E-state index contributed by atoms with van der Waals surface area (Å²) in [6.45, 7) is 4.79. The molecular formula is C18H24N4O. The van der Waals surface area contributed by atoms with E-state index >= 15 is 0 Å². The second-order valence-corrected chi connectivity index (χ2v) is 6.30. The molecule has 0 radical (unpaired) electrons. The molecule has 122 valence electrons. The zero-order valence-electron chi connectivity index (χ0n) is 13.9. The molecule has 0 aliphatic heterocycles. The molecule has 1 aromatic heterocycles. The molecule has 0 saturated heterocycles. The maximum atomic E-state index is 5.34. The summed E-state index contributed by atoms with van der Waals surface area (Å²) in [7, 11) is 1.79. The molecule has 1 aromatic carbocycles. The molecule has 0 bridgehead atoms. The normalized spacial score (nSPS) is 20.6. The van der Waals surface area contributed by atoms with Crippen LogP contribution in [0.2, 0.25) is 0 Å². The third kappa shape index (κ3) is 3.92. The first-order valence-electron chi connectivity index (χ1n) is 8.15. The van der Waals surface area contributed by atoms with Crippen LogP contribution in [0, 0.1) is 0 Å². The summed E-state index contributed by atoms with van der Waals surface area (Å²) in [5, 5.41) is 10.8. The average Bonchev–Trinajstić information content (AvgIpc) is 3.17. The quantitative estimate of drug-likeness (QED) is 0.658. The number of aliphatic imine (C=N–C) groups is 1. The molecule has 5 heteroatoms. The first-order chi connectivity index (χ1) is 11.2. The lowest BCUT2D eigenvalue weighted by Crippen LogP contribution is -2.38. The Balaban J connectivity index is 1.49. The maximum absolute atomic E-state index is 5.34. The molecule has 2 unspecified atom stereocenters. The van der Waals surface area contributed by atoms with Gasteiger partial charge in [0.1, 0.15) is 0 Å². The van der Waals surface area contributed by atoms with Gasteiger partial charge in [-0.2, -0.15) is 0 Å². The predicted molar refractivity (Wildman–Crippen MR) is 91.5 cm³/mol. The smallest absolute Gasteiger partial charge is 0.191 e. The second kappa shape index (κ2) is 6.86. The van der Waals surface area contributed by atoms with Gasteiger partial charge in [0.25, 0.3) is 0 Å². The maximum Gasteiger partial charge on any atom is 0.191 e. The van der Waals surface area contributed by atoms with Gasteiger partial charge in [0.15, 0.2) is 11.7 Å². The van der Waals surface area contributed by atoms with Crippen LogP contribution in [0.5, 0.6) is 0 Å². The lowest BCUT2D eigenvalue weighted by molar-refractivity contribution is 0.372. The molecule has 2 aromatic rings. The molecule has 0 amide bonds. The van der Waals surface area contributed by atoms with Crippen LogP contribution in [0.4, 0.5) is 0 Å². The van der Waals surface area contributed by atoms with Gasteiger partial charge in [-0.25, -0.2) is 0 Å². The molecule has 0 spiro atoms. The minimum atomic E-state index is 0.378. The molecule has 1 aliphatic carbocycles. The fourth-order valence-corrected chi connectivity index (χ4v) is 2.65. The summed E-state index contributed by atoms with van der Waals surface area (Å²) >= 11 is 0. The number of rotatable bonds is 5. The summed E-state index contributed by atoms with van der Waals surface area (Å²) in [6, 6.07) is 13.0. The second-order valence-electron chi connectivity index (χ2n) is 6.30. The Morgan fingerprint density at radius 1 is 1.35 bits per heavy atom. The third-order valence-electron chi connectivity index (χ3n) is 4.16. The van der Waals surface area contributed by atoms with Crippen LogP contribution < -0.4 is 10.6 Å². The molecule has 2 atom stereocenters. The molecule has 1 saturated carbocycles. The Bertz CT molecular complexity index is 663. The fourth-order valence-electron chi connectivity index (χ4n) is 2.65. The monoisotopic (exact) mass is 312 g/mol. The molecule has 5 nitrogen and oxygen atoms in total. The van der Waals surface area contributed by atoms with Gasteiger partial charge in [-0.3, -0.25) is 4.99 Å². The zero-order valence-corrected chi connectivity index (χ0v) is 13.9. The van der Waals surface area contributed by atoms with Crippen molar-refractivity contribution in [3.8, 4) is 0 Å². The van der Waals surface area contributed by atoms with Crippen LogP contribution in [-0.2, 0) is 6.54 Å². The number of guanidine groups is 1. The lowest BCUT2D eigenvalue weighted by atomic mass is 10.1. The van der Waals surface area contributed by atoms with Gasteiger partial charge in [-0.15, -0.1) is 0 Å². The summed E-state index contributed by atoms with van der Waals surface area (Å²) in [5.74, 6) is 2.58. The average molecular weight is 312 g/mol. The van der Waals surface area contributed by atoms with Gasteiger partial charge in [-0.05, 0) is 17.9 Å². The van der Waals surface area contributed by atoms with Crippen LogP contribution in [-0.4, -0.2) is 24.2 Å². The molecule has 3 rings (SSSR count). The van der Waals surface area contributed by atoms with Gasteiger partial charge < -0.3 is 15.2 Å². The summed E-state index contributed by atoms with van der Waals surface area (Å²) in [6.07, 6.45) is 1.14. The molecule has 23 heavy (non-hydrogen) atoms. The summed E-state index contributed by atoms with van der Waals surface area (Å²) < 4.78 is 5.34. The predicted octanol–water partition coefficient (Wildman–Crippen LogP) is 3.02. The van der Waals surface area contributed by atoms with E-state index in [9.17, 15) is 0 Å². The summed E-state index contributed by atoms with van der Waals surface area (Å²) in [5.41, 5.74) is 2.37. The Morgan fingerprint density at radius 2 is 2.13 bits per heavy atom. The van der Waals surface area contributed by atoms with Crippen molar-refractivity contribution in [1.82, 2.24) is 15.8 Å². The van der Waals surface area contributed by atoms with Crippen molar-refractivity contribution in [3.63, 3.8) is 0 Å². The van der Waals surface area contributed by atoms with E-state index in [4.69, 9.17) is 4.52 Å². The van der Waals surface area contributed by atoms with Gasteiger partial charge in [0.05, 0.1) is 12.2 Å². The van der Waals surface area contributed by atoms with Gasteiger partial charge in [0, 0.05) is 25.1 Å². The van der Waals surface area contributed by atoms with Crippen molar-refractivity contribution in [2.45, 2.75) is 44.7 Å². The van der Waals surface area contributed by atoms with Crippen LogP contribution in [0.25, 0.3) is 0 Å². The van der Waals surface area contributed by atoms with Crippen LogP contribution in [0.1, 0.15) is 49.1 Å². The highest BCUT2D eigenvalue weighted by atomic mass is 16.5. The van der Waals surface area contributed by atoms with Crippen molar-refractivity contribution in [2.24, 2.45) is 4.99 Å². The third-order valence-corrected chi connectivity index (χ3v) is 4.16. The molecule has 1 heterocycles. The highest BCUT2D eigenvalue weighted by Gasteiger charge is 2.38.